The molecule has 1 fully saturated rings. The third-order valence-corrected chi connectivity index (χ3v) is 6.05. The summed E-state index contributed by atoms with van der Waals surface area (Å²) in [7, 11) is 0. The van der Waals surface area contributed by atoms with E-state index in [1.807, 2.05) is 24.3 Å². The van der Waals surface area contributed by atoms with Crippen LogP contribution in [-0.4, -0.2) is 38.4 Å². The molecule has 2 aromatic carbocycles. The van der Waals surface area contributed by atoms with Gasteiger partial charge in [0.15, 0.2) is 0 Å². The molecule has 1 aliphatic rings. The molecule has 0 atom stereocenters. The van der Waals surface area contributed by atoms with Crippen LogP contribution in [0.5, 0.6) is 11.5 Å². The number of hydrogen-bond donors (Lipinski definition) is 0. The minimum atomic E-state index is -0.453. The molecule has 0 bridgehead atoms. The molecule has 2 aromatic rings. The molecule has 3 rings (SSSR count). The van der Waals surface area contributed by atoms with Gasteiger partial charge in [-0.1, -0.05) is 56.7 Å². The molecule has 0 aliphatic heterocycles. The normalized spacial score (nSPS) is 14.5. The Labute approximate surface area is 201 Å². The van der Waals surface area contributed by atoms with E-state index in [-0.39, 0.29) is 18.6 Å². The molecule has 0 heterocycles. The first-order valence-electron chi connectivity index (χ1n) is 11.6. The zero-order chi connectivity index (χ0) is 24.2. The molecule has 6 heteroatoms. The molecule has 0 amide bonds. The highest BCUT2D eigenvalue weighted by molar-refractivity contribution is 5.81. The molecule has 0 spiro atoms. The van der Waals surface area contributed by atoms with Crippen molar-refractivity contribution in [2.45, 2.75) is 37.5 Å². The molecule has 1 saturated carbocycles. The van der Waals surface area contributed by atoms with Gasteiger partial charge in [0, 0.05) is 17.6 Å². The molecular formula is C28H32O6. The second-order valence-corrected chi connectivity index (χ2v) is 8.13. The summed E-state index contributed by atoms with van der Waals surface area (Å²) >= 11 is 0. The van der Waals surface area contributed by atoms with E-state index in [1.165, 1.54) is 30.4 Å². The van der Waals surface area contributed by atoms with Crippen molar-refractivity contribution in [2.75, 3.05) is 26.4 Å². The fourth-order valence-corrected chi connectivity index (χ4v) is 4.36. The predicted molar refractivity (Wildman–Crippen MR) is 130 cm³/mol. The first kappa shape index (κ1) is 25.1. The van der Waals surface area contributed by atoms with Crippen molar-refractivity contribution >= 4 is 11.9 Å². The van der Waals surface area contributed by atoms with Crippen LogP contribution in [0.25, 0.3) is 0 Å². The number of esters is 2. The zero-order valence-corrected chi connectivity index (χ0v) is 19.5. The largest absolute Gasteiger partial charge is 0.490 e. The summed E-state index contributed by atoms with van der Waals surface area (Å²) in [5.41, 5.74) is 2.49. The minimum Gasteiger partial charge on any atom is -0.490 e. The molecule has 0 N–H and O–H groups in total. The van der Waals surface area contributed by atoms with Crippen LogP contribution in [0.2, 0.25) is 0 Å². The average Bonchev–Trinajstić information content (AvgIpc) is 2.89. The van der Waals surface area contributed by atoms with Crippen molar-refractivity contribution < 1.29 is 28.5 Å². The fraction of sp³-hybridized carbons (Fsp3) is 0.357. The predicted octanol–water partition coefficient (Wildman–Crippen LogP) is 5.15. The van der Waals surface area contributed by atoms with Gasteiger partial charge in [-0.25, -0.2) is 9.59 Å². The van der Waals surface area contributed by atoms with Gasteiger partial charge in [-0.3, -0.25) is 0 Å². The first-order valence-corrected chi connectivity index (χ1v) is 11.6. The molecule has 0 radical (unpaired) electrons. The highest BCUT2D eigenvalue weighted by Gasteiger charge is 2.35. The Morgan fingerprint density at radius 2 is 1.09 bits per heavy atom. The number of carbonyl (C=O) groups is 2. The Bertz CT molecular complexity index is 882. The molecule has 1 aliphatic carbocycles. The van der Waals surface area contributed by atoms with Crippen LogP contribution in [0.15, 0.2) is 73.8 Å². The summed E-state index contributed by atoms with van der Waals surface area (Å²) in [5, 5.41) is 0. The summed E-state index contributed by atoms with van der Waals surface area (Å²) in [6.45, 7) is 7.69. The molecule has 0 aromatic heterocycles. The van der Waals surface area contributed by atoms with E-state index in [4.69, 9.17) is 18.9 Å². The van der Waals surface area contributed by atoms with Crippen LogP contribution >= 0.6 is 0 Å². The molecular weight excluding hydrogens is 432 g/mol. The lowest BCUT2D eigenvalue weighted by atomic mass is 9.65. The second kappa shape index (κ2) is 12.6. The topological polar surface area (TPSA) is 71.1 Å². The van der Waals surface area contributed by atoms with Crippen molar-refractivity contribution in [1.29, 1.82) is 0 Å². The monoisotopic (exact) mass is 464 g/mol. The first-order chi connectivity index (χ1) is 16.6. The molecule has 34 heavy (non-hydrogen) atoms. The lowest BCUT2D eigenvalue weighted by Crippen LogP contribution is -2.30. The Morgan fingerprint density at radius 1 is 0.676 bits per heavy atom. The minimum absolute atomic E-state index is 0.0473. The van der Waals surface area contributed by atoms with Crippen LogP contribution in [0.1, 0.15) is 43.2 Å². The zero-order valence-electron chi connectivity index (χ0n) is 19.5. The standard InChI is InChI=1S/C28H32O6/c1-3-26(29)33-20-18-31-24-12-8-22(9-13-24)28(16-6-5-7-17-28)23-10-14-25(15-11-23)32-19-21-34-27(30)4-2/h3-4,8-15H,1-2,5-7,16-21H2. The van der Waals surface area contributed by atoms with Gasteiger partial charge in [0.1, 0.15) is 37.9 Å². The Balaban J connectivity index is 1.65. The maximum absolute atomic E-state index is 11.1. The van der Waals surface area contributed by atoms with Gasteiger partial charge >= 0.3 is 11.9 Å². The van der Waals surface area contributed by atoms with Gasteiger partial charge in [-0.05, 0) is 48.2 Å². The van der Waals surface area contributed by atoms with Crippen molar-refractivity contribution in [3.8, 4) is 11.5 Å². The summed E-state index contributed by atoms with van der Waals surface area (Å²) in [4.78, 5) is 22.2. The van der Waals surface area contributed by atoms with Crippen LogP contribution in [0.3, 0.4) is 0 Å². The second-order valence-electron chi connectivity index (χ2n) is 8.13. The van der Waals surface area contributed by atoms with E-state index in [0.29, 0.717) is 13.2 Å². The smallest absolute Gasteiger partial charge is 0.330 e. The van der Waals surface area contributed by atoms with Gasteiger partial charge in [-0.2, -0.15) is 0 Å². The SMILES string of the molecule is C=CC(=O)OCCOc1ccc(C2(c3ccc(OCCOC(=O)C=C)cc3)CCCCC2)cc1. The number of carbonyl (C=O) groups excluding carboxylic acids is 2. The van der Waals surface area contributed by atoms with E-state index in [2.05, 4.69) is 37.4 Å². The van der Waals surface area contributed by atoms with Crippen molar-refractivity contribution in [2.24, 2.45) is 0 Å². The third-order valence-electron chi connectivity index (χ3n) is 6.05. The van der Waals surface area contributed by atoms with E-state index in [9.17, 15) is 9.59 Å². The average molecular weight is 465 g/mol. The van der Waals surface area contributed by atoms with Gasteiger partial charge in [0.25, 0.3) is 0 Å². The fourth-order valence-electron chi connectivity index (χ4n) is 4.36. The van der Waals surface area contributed by atoms with Crippen LogP contribution in [0.4, 0.5) is 0 Å². The van der Waals surface area contributed by atoms with Crippen LogP contribution in [-0.2, 0) is 24.5 Å². The molecule has 180 valence electrons. The van der Waals surface area contributed by atoms with Gasteiger partial charge in [-0.15, -0.1) is 0 Å². The lowest BCUT2D eigenvalue weighted by Gasteiger charge is -2.38. The highest BCUT2D eigenvalue weighted by atomic mass is 16.6. The summed E-state index contributed by atoms with van der Waals surface area (Å²) in [5.74, 6) is 0.576. The molecule has 0 unspecified atom stereocenters. The number of rotatable bonds is 12. The van der Waals surface area contributed by atoms with Crippen LogP contribution < -0.4 is 9.47 Å². The summed E-state index contributed by atoms with van der Waals surface area (Å²) in [6, 6.07) is 16.4. The number of hydrogen-bond acceptors (Lipinski definition) is 6. The maximum Gasteiger partial charge on any atom is 0.330 e. The van der Waals surface area contributed by atoms with Gasteiger partial charge in [0.05, 0.1) is 0 Å². The number of benzene rings is 2. The quantitative estimate of drug-likeness (QED) is 0.246. The molecule has 0 saturated heterocycles. The van der Waals surface area contributed by atoms with Crippen LogP contribution in [0, 0.1) is 0 Å². The maximum atomic E-state index is 11.1. The Hall–Kier alpha value is -3.54. The van der Waals surface area contributed by atoms with Gasteiger partial charge < -0.3 is 18.9 Å². The Kier molecular flexibility index (Phi) is 9.32. The van der Waals surface area contributed by atoms with E-state index in [0.717, 1.165) is 36.5 Å². The van der Waals surface area contributed by atoms with Gasteiger partial charge in [0.2, 0.25) is 0 Å². The van der Waals surface area contributed by atoms with Crippen molar-refractivity contribution in [3.05, 3.63) is 85.0 Å². The lowest BCUT2D eigenvalue weighted by molar-refractivity contribution is -0.139. The Morgan fingerprint density at radius 3 is 1.47 bits per heavy atom. The number of ether oxygens (including phenoxy) is 4. The van der Waals surface area contributed by atoms with E-state index < -0.39 is 11.9 Å². The highest BCUT2D eigenvalue weighted by Crippen LogP contribution is 2.45. The van der Waals surface area contributed by atoms with E-state index in [1.54, 1.807) is 0 Å². The summed E-state index contributed by atoms with van der Waals surface area (Å²) < 4.78 is 21.3. The van der Waals surface area contributed by atoms with Crippen molar-refractivity contribution in [3.63, 3.8) is 0 Å². The summed E-state index contributed by atoms with van der Waals surface area (Å²) in [6.07, 6.45) is 8.05. The molecule has 6 nitrogen and oxygen atoms in total. The van der Waals surface area contributed by atoms with Crippen molar-refractivity contribution in [1.82, 2.24) is 0 Å². The van der Waals surface area contributed by atoms with E-state index >= 15 is 0 Å². The third kappa shape index (κ3) is 6.73.